The summed E-state index contributed by atoms with van der Waals surface area (Å²) >= 11 is 23.9. The smallest absolute Gasteiger partial charge is 0.258 e. The van der Waals surface area contributed by atoms with Crippen LogP contribution in [0.1, 0.15) is 24.3 Å². The van der Waals surface area contributed by atoms with Gasteiger partial charge in [-0.3, -0.25) is 24.1 Å². The second-order valence-corrected chi connectivity index (χ2v) is 16.0. The zero-order valence-electron chi connectivity index (χ0n) is 24.1. The van der Waals surface area contributed by atoms with Gasteiger partial charge in [0.25, 0.3) is 11.8 Å². The number of ether oxygens (including phenoxy) is 1. The van der Waals surface area contributed by atoms with Gasteiger partial charge in [-0.25, -0.2) is 9.29 Å². The number of carbonyl (C=O) groups excluding carboxylic acids is 4. The minimum atomic E-state index is -2.15. The van der Waals surface area contributed by atoms with Crippen molar-refractivity contribution < 1.29 is 33.4 Å². The molecule has 0 radical (unpaired) electrons. The standard InChI is InChI=1S/C33H22Br2Cl2FIN2O6/c1-47-22-12-20(25(34)26(35)27(22)42)24-18-10-11-19-23(29(44)40(28(19)43)16-8-4-15(39)5-9-16)21(18)13-32(36)30(45)41(31(46)33(24,32)37)17-6-2-14(38)3-7-17/h2-10,12,19,21,23-24,42H,11,13H2,1H3/t19-,21+,23-,24+,32+,33-/m0/s1. The fraction of sp³-hybridized carbons (Fsp3) is 0.273. The summed E-state index contributed by atoms with van der Waals surface area (Å²) < 4.78 is 20.8. The van der Waals surface area contributed by atoms with Crippen molar-refractivity contribution in [1.82, 2.24) is 0 Å². The van der Waals surface area contributed by atoms with Crippen LogP contribution in [0.4, 0.5) is 15.8 Å². The number of aromatic hydroxyl groups is 1. The molecule has 0 bridgehead atoms. The summed E-state index contributed by atoms with van der Waals surface area (Å²) in [7, 11) is 1.36. The summed E-state index contributed by atoms with van der Waals surface area (Å²) in [4.78, 5) is 54.9. The van der Waals surface area contributed by atoms with E-state index in [4.69, 9.17) is 27.9 Å². The van der Waals surface area contributed by atoms with E-state index in [1.807, 2.05) is 6.08 Å². The summed E-state index contributed by atoms with van der Waals surface area (Å²) in [5.41, 5.74) is 1.42. The molecule has 1 saturated carbocycles. The van der Waals surface area contributed by atoms with E-state index in [-0.39, 0.29) is 40.4 Å². The highest BCUT2D eigenvalue weighted by atomic mass is 127. The Labute approximate surface area is 308 Å². The number of phenols is 1. The first-order valence-corrected chi connectivity index (χ1v) is 17.8. The van der Waals surface area contributed by atoms with Crippen molar-refractivity contribution in [3.05, 3.63) is 90.1 Å². The van der Waals surface area contributed by atoms with Gasteiger partial charge in [-0.05, 0) is 133 Å². The average Bonchev–Trinajstić information content (AvgIpc) is 3.39. The van der Waals surface area contributed by atoms with Crippen LogP contribution < -0.4 is 14.5 Å². The van der Waals surface area contributed by atoms with E-state index >= 15 is 0 Å². The van der Waals surface area contributed by atoms with E-state index in [0.717, 1.165) is 20.6 Å². The Morgan fingerprint density at radius 1 is 0.915 bits per heavy atom. The van der Waals surface area contributed by atoms with Crippen LogP contribution in [0.3, 0.4) is 0 Å². The maximum Gasteiger partial charge on any atom is 0.258 e. The van der Waals surface area contributed by atoms with E-state index in [9.17, 15) is 28.7 Å². The third-order valence-corrected chi connectivity index (χ3v) is 14.0. The molecule has 4 aliphatic rings. The number of carbonyl (C=O) groups is 4. The van der Waals surface area contributed by atoms with Crippen LogP contribution in [0, 0.1) is 27.1 Å². The number of amides is 4. The SMILES string of the molecule is COc1cc([C@H]2C3=CC[C@@H]4C(=O)N(c5ccc(I)cc5)C(=O)[C@@H]4[C@@H]3C[C@@]3(Cl)C(=O)N(c4ccc(F)cc4)C(=O)[C@@]23Cl)c(Br)c(Br)c1O. The zero-order valence-corrected chi connectivity index (χ0v) is 31.0. The lowest BCUT2D eigenvalue weighted by molar-refractivity contribution is -0.125. The molecular weight excluding hydrogens is 897 g/mol. The van der Waals surface area contributed by atoms with Crippen molar-refractivity contribution in [1.29, 1.82) is 0 Å². The molecule has 7 rings (SSSR count). The number of fused-ring (bicyclic) bond motifs is 4. The molecule has 0 unspecified atom stereocenters. The third-order valence-electron chi connectivity index (χ3n) is 9.69. The van der Waals surface area contributed by atoms with E-state index in [0.29, 0.717) is 21.3 Å². The predicted octanol–water partition coefficient (Wildman–Crippen LogP) is 7.44. The quantitative estimate of drug-likeness (QED) is 0.126. The van der Waals surface area contributed by atoms with Gasteiger partial charge in [0.05, 0.1) is 34.8 Å². The number of imide groups is 2. The van der Waals surface area contributed by atoms with Gasteiger partial charge in [-0.15, -0.1) is 23.2 Å². The van der Waals surface area contributed by atoms with Crippen LogP contribution in [0.5, 0.6) is 11.5 Å². The number of alkyl halides is 2. The minimum absolute atomic E-state index is 0.0519. The number of hydrogen-bond donors (Lipinski definition) is 1. The summed E-state index contributed by atoms with van der Waals surface area (Å²) in [6.07, 6.45) is 1.77. The molecule has 2 heterocycles. The molecule has 1 N–H and O–H groups in total. The minimum Gasteiger partial charge on any atom is -0.503 e. The number of allylic oxidation sites excluding steroid dienone is 2. The largest absolute Gasteiger partial charge is 0.503 e. The molecule has 242 valence electrons. The molecule has 14 heteroatoms. The lowest BCUT2D eigenvalue weighted by atomic mass is 9.56. The normalized spacial score (nSPS) is 29.9. The first-order chi connectivity index (χ1) is 22.3. The summed E-state index contributed by atoms with van der Waals surface area (Å²) in [6, 6.07) is 13.3. The summed E-state index contributed by atoms with van der Waals surface area (Å²) in [5, 5.41) is 10.8. The summed E-state index contributed by atoms with van der Waals surface area (Å²) in [5.74, 6) is -6.75. The molecule has 2 aliphatic heterocycles. The Kier molecular flexibility index (Phi) is 8.10. The Hall–Kier alpha value is -2.52. The maximum atomic E-state index is 14.6. The monoisotopic (exact) mass is 916 g/mol. The van der Waals surface area contributed by atoms with Gasteiger partial charge in [0.2, 0.25) is 11.8 Å². The molecule has 3 aromatic carbocycles. The van der Waals surface area contributed by atoms with Crippen molar-refractivity contribution in [2.45, 2.75) is 28.5 Å². The fourth-order valence-electron chi connectivity index (χ4n) is 7.57. The van der Waals surface area contributed by atoms with Crippen LogP contribution in [-0.2, 0) is 19.2 Å². The molecule has 8 nitrogen and oxygen atoms in total. The molecule has 3 fully saturated rings. The zero-order chi connectivity index (χ0) is 33.7. The van der Waals surface area contributed by atoms with Gasteiger partial charge in [0.1, 0.15) is 5.82 Å². The molecule has 6 atom stereocenters. The number of halogens is 6. The molecule has 0 spiro atoms. The first-order valence-electron chi connectivity index (χ1n) is 14.4. The summed E-state index contributed by atoms with van der Waals surface area (Å²) in [6.45, 7) is 0. The van der Waals surface area contributed by atoms with Crippen LogP contribution >= 0.6 is 77.7 Å². The molecule has 3 aromatic rings. The number of methoxy groups -OCH3 is 1. The first kappa shape index (κ1) is 33.0. The van der Waals surface area contributed by atoms with Crippen molar-refractivity contribution in [3.8, 4) is 11.5 Å². The molecule has 47 heavy (non-hydrogen) atoms. The van der Waals surface area contributed by atoms with Crippen LogP contribution in [0.2, 0.25) is 0 Å². The number of rotatable bonds is 4. The van der Waals surface area contributed by atoms with E-state index in [2.05, 4.69) is 54.5 Å². The molecule has 4 amide bonds. The van der Waals surface area contributed by atoms with Gasteiger partial charge < -0.3 is 9.84 Å². The number of benzene rings is 3. The van der Waals surface area contributed by atoms with E-state index in [1.54, 1.807) is 24.3 Å². The van der Waals surface area contributed by atoms with Gasteiger partial charge >= 0.3 is 0 Å². The number of hydrogen-bond acceptors (Lipinski definition) is 6. The Bertz CT molecular complexity index is 1950. The Morgan fingerprint density at radius 2 is 1.53 bits per heavy atom. The van der Waals surface area contributed by atoms with Crippen molar-refractivity contribution in [3.63, 3.8) is 0 Å². The third kappa shape index (κ3) is 4.53. The van der Waals surface area contributed by atoms with Gasteiger partial charge in [0.15, 0.2) is 21.2 Å². The lowest BCUT2D eigenvalue weighted by Gasteiger charge is -2.51. The Morgan fingerprint density at radius 3 is 2.17 bits per heavy atom. The second kappa shape index (κ2) is 11.5. The molecule has 2 aliphatic carbocycles. The van der Waals surface area contributed by atoms with Gasteiger partial charge in [0, 0.05) is 14.0 Å². The Balaban J connectivity index is 1.44. The highest BCUT2D eigenvalue weighted by molar-refractivity contribution is 14.1. The van der Waals surface area contributed by atoms with Gasteiger partial charge in [-0.2, -0.15) is 0 Å². The fourth-order valence-corrected chi connectivity index (χ4v) is 9.81. The van der Waals surface area contributed by atoms with Crippen molar-refractivity contribution in [2.75, 3.05) is 16.9 Å². The second-order valence-electron chi connectivity index (χ2n) is 11.9. The number of nitrogens with zero attached hydrogens (tertiary/aromatic N) is 2. The maximum absolute atomic E-state index is 14.6. The van der Waals surface area contributed by atoms with Crippen molar-refractivity contribution in [2.24, 2.45) is 17.8 Å². The predicted molar refractivity (Wildman–Crippen MR) is 188 cm³/mol. The van der Waals surface area contributed by atoms with Crippen LogP contribution in [-0.4, -0.2) is 45.6 Å². The van der Waals surface area contributed by atoms with Crippen molar-refractivity contribution >= 4 is 113 Å². The molecule has 2 saturated heterocycles. The molecular formula is C33H22Br2Cl2FIN2O6. The van der Waals surface area contributed by atoms with Crippen LogP contribution in [0.25, 0.3) is 0 Å². The number of anilines is 2. The van der Waals surface area contributed by atoms with E-state index in [1.165, 1.54) is 30.2 Å². The highest BCUT2D eigenvalue weighted by Gasteiger charge is 2.77. The average molecular weight is 919 g/mol. The topological polar surface area (TPSA) is 104 Å². The lowest BCUT2D eigenvalue weighted by Crippen LogP contribution is -2.60. The van der Waals surface area contributed by atoms with Crippen LogP contribution in [0.15, 0.2) is 75.2 Å². The molecule has 0 aromatic heterocycles. The highest BCUT2D eigenvalue weighted by Crippen LogP contribution is 2.67. The van der Waals surface area contributed by atoms with Gasteiger partial charge in [-0.1, -0.05) is 11.6 Å². The number of phenolic OH excluding ortho intramolecular Hbond substituents is 1. The van der Waals surface area contributed by atoms with E-state index < -0.39 is 57.0 Å².